The number of urea groups is 1. The maximum atomic E-state index is 11.7. The SMILES string of the molecule is CC1CCCC1NC(=O)NC1CCCC1. The number of hydrogen-bond acceptors (Lipinski definition) is 1. The van der Waals surface area contributed by atoms with E-state index in [1.54, 1.807) is 0 Å². The molecule has 2 aliphatic carbocycles. The van der Waals surface area contributed by atoms with Crippen LogP contribution in [-0.4, -0.2) is 18.1 Å². The first-order chi connectivity index (χ1) is 7.25. The second-order valence-corrected chi connectivity index (χ2v) is 5.11. The topological polar surface area (TPSA) is 41.1 Å². The van der Waals surface area contributed by atoms with Gasteiger partial charge in [-0.15, -0.1) is 0 Å². The molecule has 3 nitrogen and oxygen atoms in total. The van der Waals surface area contributed by atoms with Gasteiger partial charge in [0.2, 0.25) is 0 Å². The lowest BCUT2D eigenvalue weighted by Crippen LogP contribution is -2.46. The highest BCUT2D eigenvalue weighted by Crippen LogP contribution is 2.24. The third-order valence-corrected chi connectivity index (χ3v) is 3.87. The highest BCUT2D eigenvalue weighted by molar-refractivity contribution is 5.74. The van der Waals surface area contributed by atoms with Crippen LogP contribution in [0.15, 0.2) is 0 Å². The van der Waals surface area contributed by atoms with E-state index in [9.17, 15) is 4.79 Å². The van der Waals surface area contributed by atoms with Gasteiger partial charge < -0.3 is 10.6 Å². The Morgan fingerprint density at radius 2 is 1.73 bits per heavy atom. The van der Waals surface area contributed by atoms with Crippen LogP contribution in [0.2, 0.25) is 0 Å². The molecule has 2 rings (SSSR count). The lowest BCUT2D eigenvalue weighted by atomic mass is 10.1. The summed E-state index contributed by atoms with van der Waals surface area (Å²) in [6, 6.07) is 0.897. The number of hydrogen-bond donors (Lipinski definition) is 2. The van der Waals surface area contributed by atoms with E-state index in [1.165, 1.54) is 25.7 Å². The smallest absolute Gasteiger partial charge is 0.315 e. The van der Waals surface area contributed by atoms with Gasteiger partial charge in [-0.1, -0.05) is 26.2 Å². The van der Waals surface area contributed by atoms with Crippen LogP contribution in [0.25, 0.3) is 0 Å². The van der Waals surface area contributed by atoms with Crippen LogP contribution in [0.5, 0.6) is 0 Å². The first-order valence-corrected chi connectivity index (χ1v) is 6.33. The zero-order chi connectivity index (χ0) is 10.7. The van der Waals surface area contributed by atoms with Crippen LogP contribution in [-0.2, 0) is 0 Å². The van der Waals surface area contributed by atoms with Crippen LogP contribution in [0.1, 0.15) is 51.9 Å². The molecule has 0 aromatic heterocycles. The average Bonchev–Trinajstić information content (AvgIpc) is 2.79. The van der Waals surface area contributed by atoms with Crippen molar-refractivity contribution in [2.45, 2.75) is 64.0 Å². The highest BCUT2D eigenvalue weighted by Gasteiger charge is 2.25. The molecule has 0 aliphatic heterocycles. The zero-order valence-corrected chi connectivity index (χ0v) is 9.59. The monoisotopic (exact) mass is 210 g/mol. The molecule has 2 atom stereocenters. The molecule has 2 fully saturated rings. The van der Waals surface area contributed by atoms with Gasteiger partial charge in [-0.05, 0) is 31.6 Å². The predicted molar refractivity (Wildman–Crippen MR) is 60.7 cm³/mol. The predicted octanol–water partition coefficient (Wildman–Crippen LogP) is 2.42. The van der Waals surface area contributed by atoms with E-state index in [1.807, 2.05) is 0 Å². The molecule has 0 aromatic rings. The average molecular weight is 210 g/mol. The molecule has 0 spiro atoms. The largest absolute Gasteiger partial charge is 0.335 e. The van der Waals surface area contributed by atoms with Gasteiger partial charge >= 0.3 is 6.03 Å². The Morgan fingerprint density at radius 3 is 2.33 bits per heavy atom. The van der Waals surface area contributed by atoms with Gasteiger partial charge in [0.15, 0.2) is 0 Å². The van der Waals surface area contributed by atoms with Gasteiger partial charge in [0.05, 0.1) is 0 Å². The minimum atomic E-state index is 0.0562. The fourth-order valence-electron chi connectivity index (χ4n) is 2.83. The summed E-state index contributed by atoms with van der Waals surface area (Å²) in [4.78, 5) is 11.7. The summed E-state index contributed by atoms with van der Waals surface area (Å²) in [5, 5.41) is 6.18. The Kier molecular flexibility index (Phi) is 3.49. The van der Waals surface area contributed by atoms with Crippen molar-refractivity contribution < 1.29 is 4.79 Å². The molecule has 2 unspecified atom stereocenters. The normalized spacial score (nSPS) is 31.8. The van der Waals surface area contributed by atoms with Crippen LogP contribution in [0.3, 0.4) is 0 Å². The molecule has 0 saturated heterocycles. The third-order valence-electron chi connectivity index (χ3n) is 3.87. The summed E-state index contributed by atoms with van der Waals surface area (Å²) in [7, 11) is 0. The van der Waals surface area contributed by atoms with E-state index in [0.717, 1.165) is 19.3 Å². The molecular weight excluding hydrogens is 188 g/mol. The van der Waals surface area contributed by atoms with E-state index in [2.05, 4.69) is 17.6 Å². The van der Waals surface area contributed by atoms with Crippen LogP contribution in [0, 0.1) is 5.92 Å². The number of carbonyl (C=O) groups is 1. The van der Waals surface area contributed by atoms with Crippen molar-refractivity contribution in [2.24, 2.45) is 5.92 Å². The summed E-state index contributed by atoms with van der Waals surface area (Å²) in [6.07, 6.45) is 8.53. The molecule has 2 saturated carbocycles. The van der Waals surface area contributed by atoms with E-state index < -0.39 is 0 Å². The maximum absolute atomic E-state index is 11.7. The molecular formula is C12H22N2O. The molecule has 86 valence electrons. The van der Waals surface area contributed by atoms with E-state index >= 15 is 0 Å². The first kappa shape index (κ1) is 10.8. The highest BCUT2D eigenvalue weighted by atomic mass is 16.2. The van der Waals surface area contributed by atoms with Gasteiger partial charge in [-0.25, -0.2) is 4.79 Å². The summed E-state index contributed by atoms with van der Waals surface area (Å²) in [6.45, 7) is 2.23. The minimum Gasteiger partial charge on any atom is -0.335 e. The van der Waals surface area contributed by atoms with Gasteiger partial charge in [0, 0.05) is 12.1 Å². The summed E-state index contributed by atoms with van der Waals surface area (Å²) >= 11 is 0. The number of carbonyl (C=O) groups excluding carboxylic acids is 1. The minimum absolute atomic E-state index is 0.0562. The second kappa shape index (κ2) is 4.86. The molecule has 15 heavy (non-hydrogen) atoms. The zero-order valence-electron chi connectivity index (χ0n) is 9.59. The standard InChI is InChI=1S/C12H22N2O/c1-9-5-4-8-11(9)14-12(15)13-10-6-2-3-7-10/h9-11H,2-8H2,1H3,(H2,13,14,15). The van der Waals surface area contributed by atoms with Crippen molar-refractivity contribution in [2.75, 3.05) is 0 Å². The fraction of sp³-hybridized carbons (Fsp3) is 0.917. The van der Waals surface area contributed by atoms with Crippen LogP contribution < -0.4 is 10.6 Å². The Morgan fingerprint density at radius 1 is 1.00 bits per heavy atom. The van der Waals surface area contributed by atoms with E-state index in [0.29, 0.717) is 18.0 Å². The number of rotatable bonds is 2. The van der Waals surface area contributed by atoms with E-state index in [-0.39, 0.29) is 6.03 Å². The van der Waals surface area contributed by atoms with Gasteiger partial charge in [0.1, 0.15) is 0 Å². The van der Waals surface area contributed by atoms with Crippen molar-refractivity contribution in [1.29, 1.82) is 0 Å². The van der Waals surface area contributed by atoms with Gasteiger partial charge in [0.25, 0.3) is 0 Å². The summed E-state index contributed by atoms with van der Waals surface area (Å²) in [5.41, 5.74) is 0. The number of amides is 2. The Bertz CT molecular complexity index is 224. The first-order valence-electron chi connectivity index (χ1n) is 6.33. The molecule has 0 heterocycles. The summed E-state index contributed by atoms with van der Waals surface area (Å²) in [5.74, 6) is 0.652. The van der Waals surface area contributed by atoms with Crippen molar-refractivity contribution in [1.82, 2.24) is 10.6 Å². The lowest BCUT2D eigenvalue weighted by Gasteiger charge is -2.19. The van der Waals surface area contributed by atoms with Gasteiger partial charge in [-0.2, -0.15) is 0 Å². The molecule has 3 heteroatoms. The molecule has 0 bridgehead atoms. The molecule has 0 aromatic carbocycles. The van der Waals surface area contributed by atoms with Crippen LogP contribution >= 0.6 is 0 Å². The van der Waals surface area contributed by atoms with Crippen molar-refractivity contribution >= 4 is 6.03 Å². The molecule has 2 amide bonds. The van der Waals surface area contributed by atoms with Crippen molar-refractivity contribution in [3.05, 3.63) is 0 Å². The van der Waals surface area contributed by atoms with Crippen molar-refractivity contribution in [3.63, 3.8) is 0 Å². The van der Waals surface area contributed by atoms with Crippen LogP contribution in [0.4, 0.5) is 4.79 Å². The molecule has 2 N–H and O–H groups in total. The quantitative estimate of drug-likeness (QED) is 0.722. The molecule has 2 aliphatic rings. The Balaban J connectivity index is 1.71. The second-order valence-electron chi connectivity index (χ2n) is 5.11. The Labute approximate surface area is 92.0 Å². The van der Waals surface area contributed by atoms with Gasteiger partial charge in [-0.3, -0.25) is 0 Å². The Hall–Kier alpha value is -0.730. The number of nitrogens with one attached hydrogen (secondary N) is 2. The molecule has 0 radical (unpaired) electrons. The third kappa shape index (κ3) is 2.86. The lowest BCUT2D eigenvalue weighted by molar-refractivity contribution is 0.230. The van der Waals surface area contributed by atoms with E-state index in [4.69, 9.17) is 0 Å². The summed E-state index contributed by atoms with van der Waals surface area (Å²) < 4.78 is 0. The fourth-order valence-corrected chi connectivity index (χ4v) is 2.83. The maximum Gasteiger partial charge on any atom is 0.315 e. The van der Waals surface area contributed by atoms with Crippen molar-refractivity contribution in [3.8, 4) is 0 Å².